The highest BCUT2D eigenvalue weighted by Crippen LogP contribution is 2.24. The Balaban J connectivity index is 2.47. The van der Waals surface area contributed by atoms with Gasteiger partial charge in [-0.15, -0.1) is 0 Å². The average molecular weight is 270 g/mol. The molecule has 1 unspecified atom stereocenters. The average Bonchev–Trinajstić information content (AvgIpc) is 2.46. The number of pyridine rings is 1. The molecule has 0 saturated heterocycles. The highest BCUT2D eigenvalue weighted by molar-refractivity contribution is 5.34. The molecule has 2 aromatic heterocycles. The molecule has 0 aromatic carbocycles. The number of nitrogens with one attached hydrogen (secondary N) is 1. The van der Waals surface area contributed by atoms with Gasteiger partial charge >= 0.3 is 0 Å². The van der Waals surface area contributed by atoms with Crippen LogP contribution in [-0.2, 0) is 6.42 Å². The second kappa shape index (κ2) is 6.57. The molecule has 4 nitrogen and oxygen atoms in total. The van der Waals surface area contributed by atoms with E-state index in [9.17, 15) is 0 Å². The van der Waals surface area contributed by atoms with Crippen molar-refractivity contribution in [2.45, 2.75) is 40.2 Å². The zero-order chi connectivity index (χ0) is 14.5. The van der Waals surface area contributed by atoms with Crippen LogP contribution in [0.3, 0.4) is 0 Å². The van der Waals surface area contributed by atoms with Crippen LogP contribution in [0.4, 0.5) is 0 Å². The molecule has 0 aliphatic heterocycles. The van der Waals surface area contributed by atoms with Gasteiger partial charge in [-0.25, -0.2) is 0 Å². The van der Waals surface area contributed by atoms with E-state index < -0.39 is 0 Å². The SMILES string of the molecule is CCNC(c1ccc(C)nc1)c1cc(C)nnc1CC. The van der Waals surface area contributed by atoms with E-state index in [0.29, 0.717) is 0 Å². The molecule has 2 heterocycles. The maximum atomic E-state index is 4.41. The predicted octanol–water partition coefficient (Wildman–Crippen LogP) is 2.75. The standard InChI is InChI=1S/C16H22N4/c1-5-15-14(9-12(4)19-20-15)16(17-6-2)13-8-7-11(3)18-10-13/h7-10,16-17H,5-6H2,1-4H3. The Kier molecular flexibility index (Phi) is 4.79. The lowest BCUT2D eigenvalue weighted by molar-refractivity contribution is 0.614. The molecule has 106 valence electrons. The van der Waals surface area contributed by atoms with Crippen molar-refractivity contribution in [2.75, 3.05) is 6.54 Å². The van der Waals surface area contributed by atoms with Gasteiger partial charge in [-0.2, -0.15) is 10.2 Å². The van der Waals surface area contributed by atoms with Crippen LogP contribution >= 0.6 is 0 Å². The van der Waals surface area contributed by atoms with Crippen LogP contribution in [0.15, 0.2) is 24.4 Å². The van der Waals surface area contributed by atoms with E-state index in [1.807, 2.05) is 26.1 Å². The number of nitrogens with zero attached hydrogens (tertiary/aromatic N) is 3. The number of hydrogen-bond donors (Lipinski definition) is 1. The van der Waals surface area contributed by atoms with E-state index >= 15 is 0 Å². The molecule has 0 radical (unpaired) electrons. The summed E-state index contributed by atoms with van der Waals surface area (Å²) in [5, 5.41) is 12.0. The van der Waals surface area contributed by atoms with Gasteiger partial charge in [0.2, 0.25) is 0 Å². The second-order valence-corrected chi connectivity index (χ2v) is 4.96. The molecule has 0 aliphatic rings. The molecular weight excluding hydrogens is 248 g/mol. The molecule has 2 aromatic rings. The normalized spacial score (nSPS) is 12.4. The van der Waals surface area contributed by atoms with E-state index in [0.717, 1.165) is 30.0 Å². The van der Waals surface area contributed by atoms with Crippen molar-refractivity contribution < 1.29 is 0 Å². The van der Waals surface area contributed by atoms with Crippen LogP contribution in [0.1, 0.15) is 48.1 Å². The number of hydrogen-bond acceptors (Lipinski definition) is 4. The van der Waals surface area contributed by atoms with Crippen LogP contribution < -0.4 is 5.32 Å². The highest BCUT2D eigenvalue weighted by Gasteiger charge is 2.18. The quantitative estimate of drug-likeness (QED) is 0.907. The van der Waals surface area contributed by atoms with Crippen molar-refractivity contribution in [1.29, 1.82) is 0 Å². The minimum absolute atomic E-state index is 0.122. The van der Waals surface area contributed by atoms with Crippen LogP contribution in [-0.4, -0.2) is 21.7 Å². The molecule has 0 amide bonds. The van der Waals surface area contributed by atoms with Gasteiger partial charge in [0.05, 0.1) is 17.4 Å². The Hall–Kier alpha value is -1.81. The van der Waals surface area contributed by atoms with Gasteiger partial charge in [-0.1, -0.05) is 19.9 Å². The van der Waals surface area contributed by atoms with Crippen LogP contribution in [0.5, 0.6) is 0 Å². The lowest BCUT2D eigenvalue weighted by atomic mass is 9.97. The molecule has 20 heavy (non-hydrogen) atoms. The van der Waals surface area contributed by atoms with Crippen molar-refractivity contribution >= 4 is 0 Å². The lowest BCUT2D eigenvalue weighted by Crippen LogP contribution is -2.24. The fraction of sp³-hybridized carbons (Fsp3) is 0.438. The second-order valence-electron chi connectivity index (χ2n) is 4.96. The fourth-order valence-electron chi connectivity index (χ4n) is 2.32. The van der Waals surface area contributed by atoms with E-state index in [4.69, 9.17) is 0 Å². The fourth-order valence-corrected chi connectivity index (χ4v) is 2.32. The number of rotatable bonds is 5. The summed E-state index contributed by atoms with van der Waals surface area (Å²) in [4.78, 5) is 4.41. The van der Waals surface area contributed by atoms with Gasteiger partial charge in [-0.05, 0) is 50.1 Å². The summed E-state index contributed by atoms with van der Waals surface area (Å²) in [6.07, 6.45) is 2.82. The molecule has 4 heteroatoms. The van der Waals surface area contributed by atoms with Crippen molar-refractivity contribution in [3.8, 4) is 0 Å². The molecule has 0 aliphatic carbocycles. The predicted molar refractivity (Wildman–Crippen MR) is 80.6 cm³/mol. The molecule has 0 bridgehead atoms. The maximum Gasteiger partial charge on any atom is 0.0679 e. The Labute approximate surface area is 120 Å². The Bertz CT molecular complexity index is 563. The minimum atomic E-state index is 0.122. The molecule has 2 rings (SSSR count). The smallest absolute Gasteiger partial charge is 0.0679 e. The number of aromatic nitrogens is 3. The summed E-state index contributed by atoms with van der Waals surface area (Å²) >= 11 is 0. The van der Waals surface area contributed by atoms with Crippen molar-refractivity contribution in [3.05, 3.63) is 52.6 Å². The highest BCUT2D eigenvalue weighted by atomic mass is 15.1. The molecule has 0 saturated carbocycles. The van der Waals surface area contributed by atoms with Gasteiger partial charge < -0.3 is 5.32 Å². The minimum Gasteiger partial charge on any atom is -0.306 e. The first-order chi connectivity index (χ1) is 9.65. The van der Waals surface area contributed by atoms with Gasteiger partial charge in [0.15, 0.2) is 0 Å². The number of aryl methyl sites for hydroxylation is 3. The van der Waals surface area contributed by atoms with E-state index in [1.165, 1.54) is 11.1 Å². The summed E-state index contributed by atoms with van der Waals surface area (Å²) in [7, 11) is 0. The lowest BCUT2D eigenvalue weighted by Gasteiger charge is -2.21. The van der Waals surface area contributed by atoms with Gasteiger partial charge in [-0.3, -0.25) is 4.98 Å². The van der Waals surface area contributed by atoms with Crippen LogP contribution in [0.25, 0.3) is 0 Å². The van der Waals surface area contributed by atoms with E-state index in [2.05, 4.69) is 46.5 Å². The van der Waals surface area contributed by atoms with Crippen LogP contribution in [0, 0.1) is 13.8 Å². The first-order valence-corrected chi connectivity index (χ1v) is 7.14. The van der Waals surface area contributed by atoms with Crippen LogP contribution in [0.2, 0.25) is 0 Å². The van der Waals surface area contributed by atoms with Gasteiger partial charge in [0.1, 0.15) is 0 Å². The van der Waals surface area contributed by atoms with Crippen molar-refractivity contribution in [2.24, 2.45) is 0 Å². The largest absolute Gasteiger partial charge is 0.306 e. The molecule has 0 fully saturated rings. The third kappa shape index (κ3) is 3.20. The summed E-state index contributed by atoms with van der Waals surface area (Å²) in [5.74, 6) is 0. The third-order valence-electron chi connectivity index (χ3n) is 3.35. The Morgan fingerprint density at radius 2 is 1.90 bits per heavy atom. The molecule has 0 spiro atoms. The monoisotopic (exact) mass is 270 g/mol. The summed E-state index contributed by atoms with van der Waals surface area (Å²) in [5.41, 5.74) is 5.39. The Morgan fingerprint density at radius 1 is 1.10 bits per heavy atom. The summed E-state index contributed by atoms with van der Waals surface area (Å²) in [6, 6.07) is 6.42. The summed E-state index contributed by atoms with van der Waals surface area (Å²) < 4.78 is 0. The van der Waals surface area contributed by atoms with Gasteiger partial charge in [0, 0.05) is 11.9 Å². The molecule has 1 atom stereocenters. The first-order valence-electron chi connectivity index (χ1n) is 7.14. The zero-order valence-electron chi connectivity index (χ0n) is 12.6. The molecule has 1 N–H and O–H groups in total. The Morgan fingerprint density at radius 3 is 2.50 bits per heavy atom. The zero-order valence-corrected chi connectivity index (χ0v) is 12.6. The van der Waals surface area contributed by atoms with Crippen molar-refractivity contribution in [3.63, 3.8) is 0 Å². The molecular formula is C16H22N4. The van der Waals surface area contributed by atoms with Gasteiger partial charge in [0.25, 0.3) is 0 Å². The first kappa shape index (κ1) is 14.6. The van der Waals surface area contributed by atoms with E-state index in [-0.39, 0.29) is 6.04 Å². The van der Waals surface area contributed by atoms with Crippen molar-refractivity contribution in [1.82, 2.24) is 20.5 Å². The maximum absolute atomic E-state index is 4.41. The summed E-state index contributed by atoms with van der Waals surface area (Å²) in [6.45, 7) is 9.10. The topological polar surface area (TPSA) is 50.7 Å². The third-order valence-corrected chi connectivity index (χ3v) is 3.35. The van der Waals surface area contributed by atoms with E-state index in [1.54, 1.807) is 0 Å².